The van der Waals surface area contributed by atoms with Gasteiger partial charge in [0.1, 0.15) is 29.7 Å². The van der Waals surface area contributed by atoms with Gasteiger partial charge in [0.15, 0.2) is 14.1 Å². The topological polar surface area (TPSA) is 172 Å². The Morgan fingerprint density at radius 3 is 2.49 bits per heavy atom. The number of nitrogens with two attached hydrogens (primary N) is 1. The summed E-state index contributed by atoms with van der Waals surface area (Å²) in [6.07, 6.45) is 1.51. The summed E-state index contributed by atoms with van der Waals surface area (Å²) in [4.78, 5) is 17.0. The number of nitrogens with zero attached hydrogens (tertiary/aromatic N) is 4. The zero-order chi connectivity index (χ0) is 36.2. The number of para-hydroxylation sites is 1. The van der Waals surface area contributed by atoms with Crippen LogP contribution in [0.5, 0.6) is 5.75 Å². The second kappa shape index (κ2) is 15.3. The monoisotopic (exact) mass is 714 g/mol. The zero-order valence-electron chi connectivity index (χ0n) is 30.0. The molecule has 1 saturated heterocycles. The van der Waals surface area contributed by atoms with E-state index in [2.05, 4.69) is 55.1 Å². The summed E-state index contributed by atoms with van der Waals surface area (Å²) in [7, 11) is -6.71. The van der Waals surface area contributed by atoms with E-state index in [1.807, 2.05) is 20.8 Å². The van der Waals surface area contributed by atoms with Gasteiger partial charge in [0.2, 0.25) is 5.60 Å². The van der Waals surface area contributed by atoms with Crippen molar-refractivity contribution >= 4 is 33.4 Å². The predicted octanol–water partition coefficient (Wildman–Crippen LogP) is 6.62. The lowest BCUT2D eigenvalue weighted by Crippen LogP contribution is -2.51. The van der Waals surface area contributed by atoms with Crippen molar-refractivity contribution in [3.8, 4) is 11.8 Å². The highest BCUT2D eigenvalue weighted by atomic mass is 31.2. The van der Waals surface area contributed by atoms with Crippen molar-refractivity contribution in [1.82, 2.24) is 19.7 Å². The van der Waals surface area contributed by atoms with Gasteiger partial charge in [-0.2, -0.15) is 15.4 Å². The number of nitriles is 1. The molecule has 3 N–H and O–H groups in total. The molecule has 13 nitrogen and oxygen atoms in total. The highest BCUT2D eigenvalue weighted by Crippen LogP contribution is 2.51. The van der Waals surface area contributed by atoms with Crippen molar-refractivity contribution in [1.29, 1.82) is 5.26 Å². The number of aromatic nitrogens is 3. The van der Waals surface area contributed by atoms with Gasteiger partial charge in [0.05, 0.1) is 31.1 Å². The lowest BCUT2D eigenvalue weighted by atomic mass is 9.88. The number of carbonyl (C=O) groups is 1. The number of anilines is 1. The molecule has 0 spiro atoms. The van der Waals surface area contributed by atoms with Crippen LogP contribution in [0.25, 0.3) is 5.52 Å². The number of hydrogen-bond acceptors (Lipinski definition) is 11. The van der Waals surface area contributed by atoms with Gasteiger partial charge in [-0.05, 0) is 55.2 Å². The van der Waals surface area contributed by atoms with E-state index in [0.717, 1.165) is 12.8 Å². The van der Waals surface area contributed by atoms with Gasteiger partial charge in [-0.15, -0.1) is 0 Å². The van der Waals surface area contributed by atoms with Crippen LogP contribution in [0.2, 0.25) is 18.1 Å². The molecule has 3 aromatic rings. The smallest absolute Gasteiger partial charge is 0.459 e. The Bertz CT molecular complexity index is 1670. The van der Waals surface area contributed by atoms with E-state index < -0.39 is 51.8 Å². The summed E-state index contributed by atoms with van der Waals surface area (Å²) in [6.45, 7) is 18.1. The maximum absolute atomic E-state index is 14.4. The van der Waals surface area contributed by atoms with Crippen LogP contribution in [0.15, 0.2) is 48.8 Å². The van der Waals surface area contributed by atoms with Crippen LogP contribution in [0.3, 0.4) is 0 Å². The second-order valence-electron chi connectivity index (χ2n) is 14.2. The number of rotatable bonds is 15. The van der Waals surface area contributed by atoms with Crippen LogP contribution in [0.1, 0.15) is 67.0 Å². The number of hydrogen-bond donors (Lipinski definition) is 2. The Kier molecular flexibility index (Phi) is 12.0. The lowest BCUT2D eigenvalue weighted by molar-refractivity contribution is -0.146. The molecular formula is C34H51N6O7PSi. The van der Waals surface area contributed by atoms with Crippen molar-refractivity contribution in [2.24, 2.45) is 11.8 Å². The minimum atomic E-state index is -4.22. The molecule has 1 aromatic carbocycles. The summed E-state index contributed by atoms with van der Waals surface area (Å²) >= 11 is 0. The van der Waals surface area contributed by atoms with Gasteiger partial charge in [-0.3, -0.25) is 9.32 Å². The third-order valence-corrected chi connectivity index (χ3v) is 15.9. The molecular weight excluding hydrogens is 663 g/mol. The molecule has 15 heteroatoms. The van der Waals surface area contributed by atoms with Crippen molar-refractivity contribution in [2.75, 3.05) is 18.9 Å². The first kappa shape index (κ1) is 38.5. The number of nitrogens with one attached hydrogen (secondary N) is 1. The predicted molar refractivity (Wildman–Crippen MR) is 189 cm³/mol. The van der Waals surface area contributed by atoms with Gasteiger partial charge in [-0.25, -0.2) is 14.1 Å². The van der Waals surface area contributed by atoms with E-state index in [9.17, 15) is 14.6 Å². The van der Waals surface area contributed by atoms with Crippen LogP contribution < -0.4 is 15.3 Å². The summed E-state index contributed by atoms with van der Waals surface area (Å²) in [5.41, 5.74) is 5.45. The molecule has 49 heavy (non-hydrogen) atoms. The zero-order valence-corrected chi connectivity index (χ0v) is 31.9. The average molecular weight is 715 g/mol. The fourth-order valence-corrected chi connectivity index (χ4v) is 8.33. The third kappa shape index (κ3) is 8.36. The van der Waals surface area contributed by atoms with E-state index in [0.29, 0.717) is 11.2 Å². The molecule has 0 bridgehead atoms. The second-order valence-corrected chi connectivity index (χ2v) is 20.6. The molecule has 1 aliphatic rings. The lowest BCUT2D eigenvalue weighted by Gasteiger charge is -2.42. The first-order valence-electron chi connectivity index (χ1n) is 16.8. The fourth-order valence-electron chi connectivity index (χ4n) is 5.46. The maximum atomic E-state index is 14.4. The van der Waals surface area contributed by atoms with Crippen LogP contribution >= 0.6 is 7.75 Å². The summed E-state index contributed by atoms with van der Waals surface area (Å²) < 4.78 is 47.0. The molecule has 2 aromatic heterocycles. The van der Waals surface area contributed by atoms with Crippen LogP contribution in [-0.4, -0.2) is 60.3 Å². The van der Waals surface area contributed by atoms with E-state index in [1.54, 1.807) is 53.9 Å². The van der Waals surface area contributed by atoms with Crippen molar-refractivity contribution < 1.29 is 32.3 Å². The largest absolute Gasteiger partial charge is 0.464 e. The number of carbonyl (C=O) groups excluding carboxylic acids is 1. The molecule has 0 aliphatic carbocycles. The summed E-state index contributed by atoms with van der Waals surface area (Å²) in [5, 5.41) is 17.9. The Balaban J connectivity index is 1.66. The maximum Gasteiger partial charge on any atom is 0.459 e. The van der Waals surface area contributed by atoms with Crippen LogP contribution in [-0.2, 0) is 33.4 Å². The Morgan fingerprint density at radius 2 is 1.88 bits per heavy atom. The average Bonchev–Trinajstić information content (AvgIpc) is 3.60. The molecule has 0 radical (unpaired) electrons. The van der Waals surface area contributed by atoms with Gasteiger partial charge in [-0.1, -0.05) is 72.6 Å². The molecule has 4 rings (SSSR count). The fraction of sp³-hybridized carbons (Fsp3) is 0.588. The number of nitrogen functional groups attached to an aromatic ring is 1. The van der Waals surface area contributed by atoms with Crippen LogP contribution in [0, 0.1) is 23.2 Å². The Morgan fingerprint density at radius 1 is 1.20 bits per heavy atom. The van der Waals surface area contributed by atoms with Gasteiger partial charge >= 0.3 is 13.7 Å². The minimum absolute atomic E-state index is 0.182. The van der Waals surface area contributed by atoms with Gasteiger partial charge in [0, 0.05) is 5.92 Å². The quantitative estimate of drug-likeness (QED) is 0.0981. The van der Waals surface area contributed by atoms with Crippen molar-refractivity contribution in [2.45, 2.75) is 103 Å². The number of ether oxygens (including phenoxy) is 2. The third-order valence-electron chi connectivity index (χ3n) is 9.76. The van der Waals surface area contributed by atoms with Crippen LogP contribution in [0.4, 0.5) is 5.82 Å². The summed E-state index contributed by atoms with van der Waals surface area (Å²) in [6, 6.07) is 13.4. The van der Waals surface area contributed by atoms with E-state index in [4.69, 9.17) is 28.7 Å². The molecule has 1 aliphatic heterocycles. The highest BCUT2D eigenvalue weighted by molar-refractivity contribution is 7.52. The number of fused-ring (bicyclic) bond motifs is 1. The van der Waals surface area contributed by atoms with Crippen molar-refractivity contribution in [3.05, 3.63) is 54.5 Å². The number of esters is 1. The molecule has 268 valence electrons. The Hall–Kier alpha value is -3.31. The van der Waals surface area contributed by atoms with Gasteiger partial charge in [0.25, 0.3) is 0 Å². The molecule has 1 unspecified atom stereocenters. The van der Waals surface area contributed by atoms with Gasteiger partial charge < -0.3 is 24.2 Å². The number of benzene rings is 1. The van der Waals surface area contributed by atoms with E-state index >= 15 is 0 Å². The standard InChI is InChI=1S/C34H51N6O7PSi/c1-10-25(11-2)19-43-32(41)24(4)39-48(42,46-26-15-13-12-14-16-26)44-20-28-23(3)30(47-49(8,9)33(5,6)7)34(21-35,45-28)29-18-17-27-31(36)37-22-38-40(27)29/h12-18,22-25,28,30H,10-11,19-20H2,1-9H3,(H,39,42)(H2,36,37,38)/t23-,24+,28-,30?,34+,48+/m1/s1. The normalized spacial score (nSPS) is 23.2. The van der Waals surface area contributed by atoms with E-state index in [-0.39, 0.29) is 35.7 Å². The molecule has 3 heterocycles. The Labute approximate surface area is 290 Å². The first-order chi connectivity index (χ1) is 23.0. The minimum Gasteiger partial charge on any atom is -0.464 e. The first-order valence-corrected chi connectivity index (χ1v) is 21.2. The van der Waals surface area contributed by atoms with Crippen molar-refractivity contribution in [3.63, 3.8) is 0 Å². The molecule has 0 amide bonds. The summed E-state index contributed by atoms with van der Waals surface area (Å²) in [5.74, 6) is -0.251. The van der Waals surface area contributed by atoms with E-state index in [1.165, 1.54) is 6.33 Å². The molecule has 6 atom stereocenters. The highest BCUT2D eigenvalue weighted by Gasteiger charge is 2.60. The SMILES string of the molecule is CCC(CC)COC(=O)[C@H](C)N[P@](=O)(OC[C@H]1O[C@@](C#N)(c2ccc3c(N)ncnn23)C(O[Si](C)(C)C(C)(C)C)[C@@H]1C)Oc1ccccc1. The molecule has 0 saturated carbocycles. The molecule has 1 fully saturated rings.